The minimum atomic E-state index is 0.849. The molecule has 88 valence electrons. The molecule has 0 bridgehead atoms. The Balaban J connectivity index is 2.04. The summed E-state index contributed by atoms with van der Waals surface area (Å²) in [4.78, 5) is 4.59. The lowest BCUT2D eigenvalue weighted by Gasteiger charge is -2.02. The third-order valence-corrected chi connectivity index (χ3v) is 3.53. The second-order valence-electron chi connectivity index (χ2n) is 3.98. The Bertz CT molecular complexity index is 637. The predicted molar refractivity (Wildman–Crippen MR) is 78.3 cm³/mol. The molecule has 2 nitrogen and oxygen atoms in total. The molecule has 0 fully saturated rings. The summed E-state index contributed by atoms with van der Waals surface area (Å²) < 4.78 is 0.998. The van der Waals surface area contributed by atoms with Crippen molar-refractivity contribution in [2.45, 2.75) is 0 Å². The zero-order valence-electron chi connectivity index (χ0n) is 9.60. The Morgan fingerprint density at radius 3 is 2.28 bits per heavy atom. The predicted octanol–water partition coefficient (Wildman–Crippen LogP) is 4.69. The lowest BCUT2D eigenvalue weighted by atomic mass is 10.2. The van der Waals surface area contributed by atoms with E-state index in [9.17, 15) is 0 Å². The van der Waals surface area contributed by atoms with E-state index in [0.29, 0.717) is 0 Å². The molecule has 18 heavy (non-hydrogen) atoms. The molecule has 0 radical (unpaired) electrons. The number of fused-ring (bicyclic) bond motifs is 1. The molecule has 0 atom stereocenters. The van der Waals surface area contributed by atoms with Crippen LogP contribution in [-0.2, 0) is 0 Å². The Kier molecular flexibility index (Phi) is 2.99. The smallest absolute Gasteiger partial charge is 0.146 e. The molecule has 0 saturated carbocycles. The third-order valence-electron chi connectivity index (χ3n) is 2.73. The highest BCUT2D eigenvalue weighted by molar-refractivity contribution is 9.10. The number of halogens is 1. The number of hydrogen-bond acceptors (Lipinski definition) is 2. The standard InChI is InChI=1S/C15H11BrN2/c16-14-12-9-5-2-6-10-13(12)18-15(14)17-11-7-3-1-4-8-11/h1-10H,(H,17,18). The first-order chi connectivity index (χ1) is 8.84. The highest BCUT2D eigenvalue weighted by Gasteiger charge is 2.14. The van der Waals surface area contributed by atoms with Crippen LogP contribution in [-0.4, -0.2) is 4.98 Å². The zero-order valence-corrected chi connectivity index (χ0v) is 11.2. The zero-order chi connectivity index (χ0) is 12.4. The highest BCUT2D eigenvalue weighted by atomic mass is 79.9. The van der Waals surface area contributed by atoms with Crippen molar-refractivity contribution in [3.8, 4) is 11.3 Å². The van der Waals surface area contributed by atoms with Crippen LogP contribution in [0.2, 0.25) is 0 Å². The minimum Gasteiger partial charge on any atom is -0.339 e. The van der Waals surface area contributed by atoms with Gasteiger partial charge in [-0.2, -0.15) is 0 Å². The molecule has 0 amide bonds. The molecule has 1 aromatic rings. The van der Waals surface area contributed by atoms with E-state index in [4.69, 9.17) is 0 Å². The molecule has 0 saturated heterocycles. The van der Waals surface area contributed by atoms with E-state index in [1.165, 1.54) is 0 Å². The Hall–Kier alpha value is -1.87. The SMILES string of the molecule is Brc1c2cccccc-2nc1Nc1ccccc1. The van der Waals surface area contributed by atoms with Crippen LogP contribution in [0.3, 0.4) is 0 Å². The lowest BCUT2D eigenvalue weighted by Crippen LogP contribution is -1.89. The van der Waals surface area contributed by atoms with E-state index in [1.807, 2.05) is 54.6 Å². The molecule has 0 unspecified atom stereocenters. The fourth-order valence-electron chi connectivity index (χ4n) is 1.86. The lowest BCUT2D eigenvalue weighted by molar-refractivity contribution is 1.38. The highest BCUT2D eigenvalue weighted by Crippen LogP contribution is 2.36. The first kappa shape index (κ1) is 11.2. The molecule has 3 heteroatoms. The molecular weight excluding hydrogens is 288 g/mol. The van der Waals surface area contributed by atoms with Crippen LogP contribution in [0.15, 0.2) is 65.1 Å². The van der Waals surface area contributed by atoms with Crippen molar-refractivity contribution in [3.05, 3.63) is 65.1 Å². The van der Waals surface area contributed by atoms with E-state index in [2.05, 4.69) is 32.3 Å². The maximum absolute atomic E-state index is 4.59. The number of para-hydroxylation sites is 1. The van der Waals surface area contributed by atoms with Gasteiger partial charge in [0, 0.05) is 11.3 Å². The molecule has 1 aliphatic heterocycles. The summed E-state index contributed by atoms with van der Waals surface area (Å²) in [5, 5.41) is 3.31. The van der Waals surface area contributed by atoms with Crippen molar-refractivity contribution in [1.29, 1.82) is 0 Å². The largest absolute Gasteiger partial charge is 0.339 e. The van der Waals surface area contributed by atoms with Gasteiger partial charge in [-0.3, -0.25) is 0 Å². The summed E-state index contributed by atoms with van der Waals surface area (Å²) >= 11 is 3.61. The first-order valence-corrected chi connectivity index (χ1v) is 6.50. The fourth-order valence-corrected chi connectivity index (χ4v) is 2.38. The average Bonchev–Trinajstić information content (AvgIpc) is 2.58. The van der Waals surface area contributed by atoms with Crippen molar-refractivity contribution in [1.82, 2.24) is 4.98 Å². The van der Waals surface area contributed by atoms with Crippen molar-refractivity contribution >= 4 is 27.4 Å². The van der Waals surface area contributed by atoms with E-state index in [-0.39, 0.29) is 0 Å². The normalized spacial score (nSPS) is 10.5. The average molecular weight is 299 g/mol. The number of nitrogens with zero attached hydrogens (tertiary/aromatic N) is 1. The molecule has 1 aliphatic carbocycles. The van der Waals surface area contributed by atoms with Crippen LogP contribution < -0.4 is 5.32 Å². The van der Waals surface area contributed by atoms with Crippen molar-refractivity contribution in [2.75, 3.05) is 5.32 Å². The summed E-state index contributed by atoms with van der Waals surface area (Å²) in [6.45, 7) is 0. The molecule has 1 N–H and O–H groups in total. The van der Waals surface area contributed by atoms with Crippen molar-refractivity contribution in [2.24, 2.45) is 0 Å². The molecular formula is C15H11BrN2. The molecule has 0 aromatic heterocycles. The molecule has 2 aliphatic rings. The number of aromatic nitrogens is 1. The first-order valence-electron chi connectivity index (χ1n) is 5.71. The van der Waals surface area contributed by atoms with Crippen LogP contribution in [0.5, 0.6) is 0 Å². The number of anilines is 2. The quantitative estimate of drug-likeness (QED) is 0.742. The van der Waals surface area contributed by atoms with Gasteiger partial charge in [-0.1, -0.05) is 42.5 Å². The number of hydrogen-bond donors (Lipinski definition) is 1. The summed E-state index contributed by atoms with van der Waals surface area (Å²) in [6.07, 6.45) is 0. The summed E-state index contributed by atoms with van der Waals surface area (Å²) in [7, 11) is 0. The van der Waals surface area contributed by atoms with Gasteiger partial charge in [0.05, 0.1) is 10.2 Å². The fraction of sp³-hybridized carbons (Fsp3) is 0. The van der Waals surface area contributed by atoms with Crippen molar-refractivity contribution < 1.29 is 0 Å². The topological polar surface area (TPSA) is 24.9 Å². The summed E-state index contributed by atoms with van der Waals surface area (Å²) in [5.74, 6) is 0.849. The van der Waals surface area contributed by atoms with Gasteiger partial charge in [-0.05, 0) is 34.1 Å². The van der Waals surface area contributed by atoms with Gasteiger partial charge in [0.15, 0.2) is 0 Å². The minimum absolute atomic E-state index is 0.849. The molecule has 1 heterocycles. The van der Waals surface area contributed by atoms with Crippen LogP contribution in [0.4, 0.5) is 11.5 Å². The van der Waals surface area contributed by atoms with Crippen LogP contribution in [0, 0.1) is 0 Å². The molecule has 1 aromatic carbocycles. The van der Waals surface area contributed by atoms with Crippen LogP contribution >= 0.6 is 15.9 Å². The molecule has 3 rings (SSSR count). The Morgan fingerprint density at radius 2 is 1.50 bits per heavy atom. The van der Waals surface area contributed by atoms with Gasteiger partial charge in [-0.25, -0.2) is 4.98 Å². The van der Waals surface area contributed by atoms with E-state index < -0.39 is 0 Å². The monoisotopic (exact) mass is 298 g/mol. The van der Waals surface area contributed by atoms with Crippen molar-refractivity contribution in [3.63, 3.8) is 0 Å². The Morgan fingerprint density at radius 1 is 0.833 bits per heavy atom. The second-order valence-corrected chi connectivity index (χ2v) is 4.77. The summed E-state index contributed by atoms with van der Waals surface area (Å²) in [5.41, 5.74) is 3.12. The Labute approximate surface area is 114 Å². The van der Waals surface area contributed by atoms with Gasteiger partial charge in [0.25, 0.3) is 0 Å². The van der Waals surface area contributed by atoms with Gasteiger partial charge in [0.2, 0.25) is 0 Å². The van der Waals surface area contributed by atoms with Gasteiger partial charge in [-0.15, -0.1) is 0 Å². The third kappa shape index (κ3) is 2.09. The maximum Gasteiger partial charge on any atom is 0.146 e. The molecule has 0 spiro atoms. The maximum atomic E-state index is 4.59. The number of benzene rings is 1. The number of nitrogens with one attached hydrogen (secondary N) is 1. The van der Waals surface area contributed by atoms with Crippen LogP contribution in [0.1, 0.15) is 0 Å². The van der Waals surface area contributed by atoms with Gasteiger partial charge in [0.1, 0.15) is 5.82 Å². The second kappa shape index (κ2) is 4.78. The summed E-state index contributed by atoms with van der Waals surface area (Å²) in [6, 6.07) is 20.1. The van der Waals surface area contributed by atoms with E-state index in [0.717, 1.165) is 27.2 Å². The van der Waals surface area contributed by atoms with Crippen LogP contribution in [0.25, 0.3) is 11.3 Å². The van der Waals surface area contributed by atoms with Gasteiger partial charge < -0.3 is 5.32 Å². The van der Waals surface area contributed by atoms with E-state index >= 15 is 0 Å². The number of rotatable bonds is 2. The van der Waals surface area contributed by atoms with E-state index in [1.54, 1.807) is 0 Å². The van der Waals surface area contributed by atoms with Gasteiger partial charge >= 0.3 is 0 Å².